The molecule has 0 aromatic heterocycles. The average Bonchev–Trinajstić information content (AvgIpc) is 2.53. The number of carbonyl (C=O) groups is 2. The Labute approximate surface area is 138 Å². The fraction of sp³-hybridized carbons (Fsp3) is 0.765. The zero-order valence-electron chi connectivity index (χ0n) is 14.6. The van der Waals surface area contributed by atoms with Crippen LogP contribution in [0.3, 0.4) is 0 Å². The molecule has 0 bridgehead atoms. The van der Waals surface area contributed by atoms with Crippen LogP contribution in [0.5, 0.6) is 0 Å². The molecular weight excluding hydrogens is 296 g/mol. The third-order valence-electron chi connectivity index (χ3n) is 4.30. The molecule has 2 aliphatic rings. The Morgan fingerprint density at radius 3 is 2.48 bits per heavy atom. The number of hydrogen-bond donors (Lipinski definition) is 1. The lowest BCUT2D eigenvalue weighted by Crippen LogP contribution is -2.47. The summed E-state index contributed by atoms with van der Waals surface area (Å²) in [5.41, 5.74) is 0.294. The first-order valence-corrected chi connectivity index (χ1v) is 8.30. The van der Waals surface area contributed by atoms with Crippen LogP contribution in [0.25, 0.3) is 0 Å². The lowest BCUT2D eigenvalue weighted by Gasteiger charge is -2.37. The van der Waals surface area contributed by atoms with Crippen molar-refractivity contribution in [1.29, 1.82) is 0 Å². The molecule has 23 heavy (non-hydrogen) atoms. The highest BCUT2D eigenvalue weighted by Gasteiger charge is 2.31. The number of ether oxygens (including phenoxy) is 2. The van der Waals surface area contributed by atoms with E-state index in [0.29, 0.717) is 25.4 Å². The van der Waals surface area contributed by atoms with Gasteiger partial charge in [-0.25, -0.2) is 9.59 Å². The van der Waals surface area contributed by atoms with Gasteiger partial charge in [-0.05, 0) is 52.5 Å². The van der Waals surface area contributed by atoms with Crippen molar-refractivity contribution in [3.8, 4) is 0 Å². The van der Waals surface area contributed by atoms with Crippen molar-refractivity contribution < 1.29 is 19.1 Å². The van der Waals surface area contributed by atoms with Crippen LogP contribution < -0.4 is 5.32 Å². The van der Waals surface area contributed by atoms with E-state index < -0.39 is 5.60 Å². The van der Waals surface area contributed by atoms with Gasteiger partial charge in [-0.15, -0.1) is 0 Å². The van der Waals surface area contributed by atoms with Crippen molar-refractivity contribution >= 4 is 12.1 Å². The minimum absolute atomic E-state index is 0.179. The predicted octanol–water partition coefficient (Wildman–Crippen LogP) is 2.09. The Bertz CT molecular complexity index is 473. The standard InChI is InChI=1S/C17H28N2O4/c1-17(2,3)23-16(21)19-9-6-12(7-10-19)14-11-13(5-8-18-14)15(20)22-4/h11-12,14,18H,5-10H2,1-4H3. The summed E-state index contributed by atoms with van der Waals surface area (Å²) in [5, 5.41) is 3.46. The number of amides is 1. The number of piperidine rings is 1. The summed E-state index contributed by atoms with van der Waals surface area (Å²) in [7, 11) is 1.42. The van der Waals surface area contributed by atoms with Crippen LogP contribution >= 0.6 is 0 Å². The first-order valence-electron chi connectivity index (χ1n) is 8.30. The van der Waals surface area contributed by atoms with Gasteiger partial charge in [-0.3, -0.25) is 0 Å². The first kappa shape index (κ1) is 17.8. The normalized spacial score (nSPS) is 23.2. The quantitative estimate of drug-likeness (QED) is 0.788. The van der Waals surface area contributed by atoms with Gasteiger partial charge < -0.3 is 19.7 Å². The van der Waals surface area contributed by atoms with Crippen molar-refractivity contribution in [1.82, 2.24) is 10.2 Å². The SMILES string of the molecule is COC(=O)C1=CC(C2CCN(C(=O)OC(C)(C)C)CC2)NCC1. The van der Waals surface area contributed by atoms with E-state index in [-0.39, 0.29) is 18.1 Å². The first-order chi connectivity index (χ1) is 10.8. The third kappa shape index (κ3) is 4.96. The Morgan fingerprint density at radius 2 is 1.91 bits per heavy atom. The second-order valence-corrected chi connectivity index (χ2v) is 7.22. The van der Waals surface area contributed by atoms with Crippen molar-refractivity contribution in [2.75, 3.05) is 26.7 Å². The number of methoxy groups -OCH3 is 1. The average molecular weight is 324 g/mol. The second-order valence-electron chi connectivity index (χ2n) is 7.22. The third-order valence-corrected chi connectivity index (χ3v) is 4.30. The lowest BCUT2D eigenvalue weighted by atomic mass is 9.86. The highest BCUT2D eigenvalue weighted by atomic mass is 16.6. The van der Waals surface area contributed by atoms with E-state index in [2.05, 4.69) is 5.32 Å². The molecule has 1 saturated heterocycles. The summed E-state index contributed by atoms with van der Waals surface area (Å²) in [6, 6.07) is 0.179. The van der Waals surface area contributed by atoms with Crippen LogP contribution in [0.15, 0.2) is 11.6 Å². The van der Waals surface area contributed by atoms with Crippen LogP contribution in [0.1, 0.15) is 40.0 Å². The molecule has 1 amide bonds. The minimum Gasteiger partial charge on any atom is -0.466 e. The number of carbonyl (C=O) groups excluding carboxylic acids is 2. The van der Waals surface area contributed by atoms with Gasteiger partial charge in [0.15, 0.2) is 0 Å². The number of hydrogen-bond acceptors (Lipinski definition) is 5. The maximum Gasteiger partial charge on any atom is 0.410 e. The molecule has 1 fully saturated rings. The number of esters is 1. The van der Waals surface area contributed by atoms with E-state index in [0.717, 1.165) is 25.0 Å². The molecule has 2 heterocycles. The zero-order chi connectivity index (χ0) is 17.0. The molecule has 1 N–H and O–H groups in total. The number of likely N-dealkylation sites (tertiary alicyclic amines) is 1. The molecule has 0 aliphatic carbocycles. The van der Waals surface area contributed by atoms with E-state index in [1.807, 2.05) is 26.8 Å². The Kier molecular flexibility index (Phi) is 5.68. The lowest BCUT2D eigenvalue weighted by molar-refractivity contribution is -0.136. The molecule has 1 unspecified atom stereocenters. The largest absolute Gasteiger partial charge is 0.466 e. The predicted molar refractivity (Wildman–Crippen MR) is 87.0 cm³/mol. The smallest absolute Gasteiger partial charge is 0.410 e. The van der Waals surface area contributed by atoms with Gasteiger partial charge >= 0.3 is 12.1 Å². The van der Waals surface area contributed by atoms with E-state index in [1.54, 1.807) is 4.90 Å². The number of rotatable bonds is 2. The van der Waals surface area contributed by atoms with E-state index in [1.165, 1.54) is 7.11 Å². The van der Waals surface area contributed by atoms with E-state index in [9.17, 15) is 9.59 Å². The fourth-order valence-electron chi connectivity index (χ4n) is 3.10. The van der Waals surface area contributed by atoms with Gasteiger partial charge in [0.1, 0.15) is 5.60 Å². The zero-order valence-corrected chi connectivity index (χ0v) is 14.6. The summed E-state index contributed by atoms with van der Waals surface area (Å²) in [6.45, 7) is 7.81. The van der Waals surface area contributed by atoms with Crippen molar-refractivity contribution in [3.63, 3.8) is 0 Å². The van der Waals surface area contributed by atoms with Crippen molar-refractivity contribution in [3.05, 3.63) is 11.6 Å². The molecule has 2 aliphatic heterocycles. The summed E-state index contributed by atoms with van der Waals surface area (Å²) in [6.07, 6.45) is 4.28. The minimum atomic E-state index is -0.461. The van der Waals surface area contributed by atoms with Gasteiger partial charge in [-0.2, -0.15) is 0 Å². The molecule has 6 heteroatoms. The maximum atomic E-state index is 12.1. The highest BCUT2D eigenvalue weighted by Crippen LogP contribution is 2.25. The molecular formula is C17H28N2O4. The molecule has 0 saturated carbocycles. The molecule has 0 radical (unpaired) electrons. The maximum absolute atomic E-state index is 12.1. The van der Waals surface area contributed by atoms with E-state index in [4.69, 9.17) is 9.47 Å². The number of nitrogens with zero attached hydrogens (tertiary/aromatic N) is 1. The molecule has 130 valence electrons. The van der Waals surface area contributed by atoms with Crippen LogP contribution in [-0.2, 0) is 14.3 Å². The van der Waals surface area contributed by atoms with Crippen LogP contribution in [-0.4, -0.2) is 55.3 Å². The van der Waals surface area contributed by atoms with Crippen LogP contribution in [0.2, 0.25) is 0 Å². The van der Waals surface area contributed by atoms with Crippen molar-refractivity contribution in [2.24, 2.45) is 5.92 Å². The molecule has 0 aromatic rings. The molecule has 6 nitrogen and oxygen atoms in total. The summed E-state index contributed by atoms with van der Waals surface area (Å²) >= 11 is 0. The fourth-order valence-corrected chi connectivity index (χ4v) is 3.10. The molecule has 2 rings (SSSR count). The molecule has 0 aromatic carbocycles. The van der Waals surface area contributed by atoms with Crippen molar-refractivity contribution in [2.45, 2.75) is 51.7 Å². The highest BCUT2D eigenvalue weighted by molar-refractivity contribution is 5.88. The Hall–Kier alpha value is -1.56. The van der Waals surface area contributed by atoms with Crippen LogP contribution in [0, 0.1) is 5.92 Å². The van der Waals surface area contributed by atoms with Gasteiger partial charge in [0, 0.05) is 24.7 Å². The van der Waals surface area contributed by atoms with E-state index >= 15 is 0 Å². The topological polar surface area (TPSA) is 67.9 Å². The summed E-state index contributed by atoms with van der Waals surface area (Å²) < 4.78 is 10.2. The monoisotopic (exact) mass is 324 g/mol. The number of nitrogens with one attached hydrogen (secondary N) is 1. The Balaban J connectivity index is 1.89. The second kappa shape index (κ2) is 7.34. The van der Waals surface area contributed by atoms with Crippen LogP contribution in [0.4, 0.5) is 4.79 Å². The molecule has 0 spiro atoms. The molecule has 1 atom stereocenters. The van der Waals surface area contributed by atoms with Gasteiger partial charge in [-0.1, -0.05) is 6.08 Å². The summed E-state index contributed by atoms with van der Waals surface area (Å²) in [4.78, 5) is 25.5. The van der Waals surface area contributed by atoms with Gasteiger partial charge in [0.2, 0.25) is 0 Å². The van der Waals surface area contributed by atoms with Gasteiger partial charge in [0.25, 0.3) is 0 Å². The van der Waals surface area contributed by atoms with Gasteiger partial charge in [0.05, 0.1) is 7.11 Å². The summed E-state index contributed by atoms with van der Waals surface area (Å²) in [5.74, 6) is 0.191. The Morgan fingerprint density at radius 1 is 1.26 bits per heavy atom.